The zero-order valence-corrected chi connectivity index (χ0v) is 11.4. The fourth-order valence-electron chi connectivity index (χ4n) is 2.31. The summed E-state index contributed by atoms with van der Waals surface area (Å²) in [6, 6.07) is 16.2. The van der Waals surface area contributed by atoms with Crippen LogP contribution >= 0.6 is 11.6 Å². The fraction of sp³-hybridized carbons (Fsp3) is 0.250. The van der Waals surface area contributed by atoms with Crippen LogP contribution in [0.5, 0.6) is 5.75 Å². The van der Waals surface area contributed by atoms with Gasteiger partial charge in [0, 0.05) is 6.54 Å². The number of nitrogens with one attached hydrogen (secondary N) is 1. The standard InChI is InChI=1S/C16H16ClNO/c17-15-10-13(12-4-2-1-3-5-12)6-7-16(15)19-14-8-9-18-11-14/h1-7,10,14,18H,8-9,11H2/t14-/m1/s1. The van der Waals surface area contributed by atoms with Gasteiger partial charge >= 0.3 is 0 Å². The Morgan fingerprint density at radius 3 is 2.58 bits per heavy atom. The lowest BCUT2D eigenvalue weighted by atomic mass is 10.1. The van der Waals surface area contributed by atoms with E-state index in [0.717, 1.165) is 30.8 Å². The van der Waals surface area contributed by atoms with Crippen LogP contribution in [0.2, 0.25) is 5.02 Å². The van der Waals surface area contributed by atoms with Crippen molar-refractivity contribution >= 4 is 11.6 Å². The van der Waals surface area contributed by atoms with Gasteiger partial charge in [0.2, 0.25) is 0 Å². The smallest absolute Gasteiger partial charge is 0.138 e. The van der Waals surface area contributed by atoms with Crippen LogP contribution < -0.4 is 10.1 Å². The Kier molecular flexibility index (Phi) is 3.72. The van der Waals surface area contributed by atoms with Crippen LogP contribution in [0, 0.1) is 0 Å². The molecule has 1 saturated heterocycles. The van der Waals surface area contributed by atoms with Crippen molar-refractivity contribution in [3.05, 3.63) is 53.6 Å². The first-order valence-corrected chi connectivity index (χ1v) is 6.93. The molecule has 1 heterocycles. The summed E-state index contributed by atoms with van der Waals surface area (Å²) in [6.07, 6.45) is 1.27. The SMILES string of the molecule is Clc1cc(-c2ccccc2)ccc1O[C@@H]1CCNC1. The monoisotopic (exact) mass is 273 g/mol. The molecule has 0 amide bonds. The van der Waals surface area contributed by atoms with Crippen molar-refractivity contribution in [1.29, 1.82) is 0 Å². The van der Waals surface area contributed by atoms with Crippen molar-refractivity contribution in [1.82, 2.24) is 5.32 Å². The van der Waals surface area contributed by atoms with Crippen LogP contribution in [0.15, 0.2) is 48.5 Å². The van der Waals surface area contributed by atoms with Crippen LogP contribution in [-0.4, -0.2) is 19.2 Å². The average Bonchev–Trinajstić information content (AvgIpc) is 2.95. The molecule has 2 aromatic rings. The van der Waals surface area contributed by atoms with E-state index in [1.54, 1.807) is 0 Å². The molecule has 98 valence electrons. The van der Waals surface area contributed by atoms with Gasteiger partial charge in [0.05, 0.1) is 5.02 Å². The summed E-state index contributed by atoms with van der Waals surface area (Å²) < 4.78 is 5.90. The van der Waals surface area contributed by atoms with Crippen molar-refractivity contribution in [3.63, 3.8) is 0 Å². The zero-order chi connectivity index (χ0) is 13.1. The summed E-state index contributed by atoms with van der Waals surface area (Å²) in [5.41, 5.74) is 2.28. The van der Waals surface area contributed by atoms with E-state index in [2.05, 4.69) is 23.5 Å². The second-order valence-electron chi connectivity index (χ2n) is 4.74. The molecule has 0 unspecified atom stereocenters. The van der Waals surface area contributed by atoms with Gasteiger partial charge in [-0.1, -0.05) is 48.0 Å². The number of benzene rings is 2. The van der Waals surface area contributed by atoms with Crippen molar-refractivity contribution in [2.75, 3.05) is 13.1 Å². The van der Waals surface area contributed by atoms with E-state index in [-0.39, 0.29) is 6.10 Å². The summed E-state index contributed by atoms with van der Waals surface area (Å²) in [5, 5.41) is 3.96. The molecule has 19 heavy (non-hydrogen) atoms. The number of halogens is 1. The Morgan fingerprint density at radius 2 is 1.89 bits per heavy atom. The molecular weight excluding hydrogens is 258 g/mol. The molecule has 1 aliphatic rings. The topological polar surface area (TPSA) is 21.3 Å². The molecule has 3 rings (SSSR count). The molecule has 0 bridgehead atoms. The van der Waals surface area contributed by atoms with Gasteiger partial charge in [0.1, 0.15) is 11.9 Å². The lowest BCUT2D eigenvalue weighted by Gasteiger charge is -2.14. The molecule has 2 nitrogen and oxygen atoms in total. The molecule has 1 aliphatic heterocycles. The van der Waals surface area contributed by atoms with Gasteiger partial charge in [0.25, 0.3) is 0 Å². The quantitative estimate of drug-likeness (QED) is 0.920. The molecule has 1 N–H and O–H groups in total. The summed E-state index contributed by atoms with van der Waals surface area (Å²) in [5.74, 6) is 0.773. The highest BCUT2D eigenvalue weighted by molar-refractivity contribution is 6.32. The van der Waals surface area contributed by atoms with Gasteiger partial charge in [-0.25, -0.2) is 0 Å². The maximum absolute atomic E-state index is 6.31. The molecular formula is C16H16ClNO. The second kappa shape index (κ2) is 5.64. The van der Waals surface area contributed by atoms with E-state index in [1.165, 1.54) is 5.56 Å². The van der Waals surface area contributed by atoms with Crippen LogP contribution in [0.3, 0.4) is 0 Å². The summed E-state index contributed by atoms with van der Waals surface area (Å²) >= 11 is 6.31. The fourth-order valence-corrected chi connectivity index (χ4v) is 2.54. The summed E-state index contributed by atoms with van der Waals surface area (Å²) in [4.78, 5) is 0. The van der Waals surface area contributed by atoms with E-state index in [0.29, 0.717) is 5.02 Å². The van der Waals surface area contributed by atoms with Gasteiger partial charge < -0.3 is 10.1 Å². The summed E-state index contributed by atoms with van der Waals surface area (Å²) in [7, 11) is 0. The first-order valence-electron chi connectivity index (χ1n) is 6.55. The van der Waals surface area contributed by atoms with Crippen LogP contribution in [0.4, 0.5) is 0 Å². The molecule has 0 radical (unpaired) electrons. The Bertz CT molecular complexity index is 550. The number of hydrogen-bond donors (Lipinski definition) is 1. The maximum atomic E-state index is 6.31. The normalized spacial score (nSPS) is 18.5. The van der Waals surface area contributed by atoms with Crippen molar-refractivity contribution < 1.29 is 4.74 Å². The van der Waals surface area contributed by atoms with Crippen LogP contribution in [-0.2, 0) is 0 Å². The Balaban J connectivity index is 1.81. The highest BCUT2D eigenvalue weighted by Crippen LogP contribution is 2.31. The summed E-state index contributed by atoms with van der Waals surface area (Å²) in [6.45, 7) is 1.92. The first-order chi connectivity index (χ1) is 9.33. The predicted octanol–water partition coefficient (Wildman–Crippen LogP) is 3.75. The van der Waals surface area contributed by atoms with Crippen molar-refractivity contribution in [2.45, 2.75) is 12.5 Å². The number of rotatable bonds is 3. The van der Waals surface area contributed by atoms with Crippen molar-refractivity contribution in [2.24, 2.45) is 0 Å². The minimum atomic E-state index is 0.236. The highest BCUT2D eigenvalue weighted by atomic mass is 35.5. The van der Waals surface area contributed by atoms with Gasteiger partial charge in [-0.2, -0.15) is 0 Å². The largest absolute Gasteiger partial charge is 0.487 e. The Hall–Kier alpha value is -1.51. The minimum Gasteiger partial charge on any atom is -0.487 e. The van der Waals surface area contributed by atoms with E-state index in [4.69, 9.17) is 16.3 Å². The van der Waals surface area contributed by atoms with E-state index in [1.807, 2.05) is 30.3 Å². The average molecular weight is 274 g/mol. The van der Waals surface area contributed by atoms with Gasteiger partial charge in [-0.05, 0) is 36.2 Å². The molecule has 1 fully saturated rings. The van der Waals surface area contributed by atoms with Gasteiger partial charge in [-0.3, -0.25) is 0 Å². The third-order valence-corrected chi connectivity index (χ3v) is 3.64. The van der Waals surface area contributed by atoms with Gasteiger partial charge in [0.15, 0.2) is 0 Å². The van der Waals surface area contributed by atoms with Crippen molar-refractivity contribution in [3.8, 4) is 16.9 Å². The first kappa shape index (κ1) is 12.5. The zero-order valence-electron chi connectivity index (χ0n) is 10.6. The molecule has 0 saturated carbocycles. The van der Waals surface area contributed by atoms with E-state index < -0.39 is 0 Å². The number of hydrogen-bond acceptors (Lipinski definition) is 2. The third kappa shape index (κ3) is 2.91. The van der Waals surface area contributed by atoms with Gasteiger partial charge in [-0.15, -0.1) is 0 Å². The lowest BCUT2D eigenvalue weighted by Crippen LogP contribution is -2.19. The molecule has 1 atom stereocenters. The Morgan fingerprint density at radius 1 is 1.05 bits per heavy atom. The van der Waals surface area contributed by atoms with E-state index >= 15 is 0 Å². The molecule has 0 aromatic heterocycles. The number of ether oxygens (including phenoxy) is 1. The minimum absolute atomic E-state index is 0.236. The third-order valence-electron chi connectivity index (χ3n) is 3.35. The van der Waals surface area contributed by atoms with Crippen LogP contribution in [0.1, 0.15) is 6.42 Å². The molecule has 3 heteroatoms. The molecule has 0 aliphatic carbocycles. The molecule has 0 spiro atoms. The second-order valence-corrected chi connectivity index (χ2v) is 5.15. The predicted molar refractivity (Wildman–Crippen MR) is 78.8 cm³/mol. The highest BCUT2D eigenvalue weighted by Gasteiger charge is 2.17. The molecule has 2 aromatic carbocycles. The van der Waals surface area contributed by atoms with Crippen LogP contribution in [0.25, 0.3) is 11.1 Å². The lowest BCUT2D eigenvalue weighted by molar-refractivity contribution is 0.223. The Labute approximate surface area is 118 Å². The van der Waals surface area contributed by atoms with E-state index in [9.17, 15) is 0 Å². The maximum Gasteiger partial charge on any atom is 0.138 e.